The maximum absolute atomic E-state index is 12.3. The molecule has 0 bridgehead atoms. The number of rotatable bonds is 37. The van der Waals surface area contributed by atoms with E-state index in [-0.39, 0.29) is 12.6 Å². The van der Waals surface area contributed by atoms with E-state index in [2.05, 4.69) is 62.5 Å². The number of allylic oxidation sites excluding steroid dienone is 8. The number of nitrogens with zero attached hydrogens (tertiary/aromatic N) is 1. The molecule has 0 aliphatic carbocycles. The summed E-state index contributed by atoms with van der Waals surface area (Å²) in [7, 11) is 3.92. The molecule has 0 spiro atoms. The van der Waals surface area contributed by atoms with E-state index in [0.717, 1.165) is 42.7 Å². The van der Waals surface area contributed by atoms with Crippen LogP contribution in [-0.2, 0) is 16.1 Å². The maximum Gasteiger partial charge on any atom is 0.307 e. The van der Waals surface area contributed by atoms with Crippen LogP contribution in [0.5, 0.6) is 11.5 Å². The van der Waals surface area contributed by atoms with Crippen LogP contribution in [0, 0.1) is 0 Å². The van der Waals surface area contributed by atoms with E-state index in [1.54, 1.807) is 0 Å². The third kappa shape index (κ3) is 33.5. The van der Waals surface area contributed by atoms with Crippen molar-refractivity contribution in [2.45, 2.75) is 181 Å². The highest BCUT2D eigenvalue weighted by Crippen LogP contribution is 2.25. The molecule has 53 heavy (non-hydrogen) atoms. The van der Waals surface area contributed by atoms with Crippen LogP contribution in [0.1, 0.15) is 180 Å². The molecule has 0 aliphatic rings. The predicted molar refractivity (Wildman–Crippen MR) is 229 cm³/mol. The highest BCUT2D eigenvalue weighted by molar-refractivity contribution is 5.69. The number of carbonyl (C=O) groups is 1. The highest BCUT2D eigenvalue weighted by Gasteiger charge is 2.08. The molecule has 5 nitrogen and oxygen atoms in total. The molecule has 0 atom stereocenters. The minimum absolute atomic E-state index is 0.185. The fourth-order valence-corrected chi connectivity index (χ4v) is 5.99. The molecule has 0 fully saturated rings. The molecular weight excluding hydrogens is 655 g/mol. The highest BCUT2D eigenvalue weighted by atomic mass is 16.5. The van der Waals surface area contributed by atoms with E-state index in [9.17, 15) is 4.79 Å². The largest absolute Gasteiger partial charge is 0.493 e. The van der Waals surface area contributed by atoms with Crippen molar-refractivity contribution in [2.24, 2.45) is 0 Å². The van der Waals surface area contributed by atoms with Crippen LogP contribution in [0.15, 0.2) is 66.8 Å². The standard InChI is InChI=1S/C48H81NO4/c1-5-7-9-11-13-15-17-19-21-23-25-27-29-31-33-35-39-51-46-41-45(44-53-48(50)37-38-49(3)4)42-47(43-46)52-40-36-34-32-30-28-26-24-22-20-18-16-14-12-10-8-6-2/h13-16,19-22,41-43H,5-12,17-18,23-40,44H2,1-4H3. The second-order valence-electron chi connectivity index (χ2n) is 14.9. The summed E-state index contributed by atoms with van der Waals surface area (Å²) in [5.41, 5.74) is 0.907. The summed E-state index contributed by atoms with van der Waals surface area (Å²) in [6.07, 6.45) is 48.5. The van der Waals surface area contributed by atoms with Crippen molar-refractivity contribution in [2.75, 3.05) is 33.9 Å². The Balaban J connectivity index is 2.30. The molecule has 1 rings (SSSR count). The summed E-state index contributed by atoms with van der Waals surface area (Å²) in [4.78, 5) is 14.2. The maximum atomic E-state index is 12.3. The van der Waals surface area contributed by atoms with Gasteiger partial charge in [-0.2, -0.15) is 0 Å². The first-order valence-electron chi connectivity index (χ1n) is 21.8. The molecule has 5 heteroatoms. The molecule has 302 valence electrons. The lowest BCUT2D eigenvalue weighted by Crippen LogP contribution is -2.17. The van der Waals surface area contributed by atoms with Gasteiger partial charge in [-0.3, -0.25) is 4.79 Å². The fourth-order valence-electron chi connectivity index (χ4n) is 5.99. The van der Waals surface area contributed by atoms with Gasteiger partial charge in [0.15, 0.2) is 0 Å². The van der Waals surface area contributed by atoms with Crippen molar-refractivity contribution in [3.8, 4) is 11.5 Å². The molecule has 0 saturated carbocycles. The van der Waals surface area contributed by atoms with Crippen LogP contribution in [0.3, 0.4) is 0 Å². The Morgan fingerprint density at radius 3 is 1.34 bits per heavy atom. The van der Waals surface area contributed by atoms with Gasteiger partial charge in [-0.1, -0.05) is 140 Å². The molecule has 0 N–H and O–H groups in total. The normalized spacial score (nSPS) is 12.0. The summed E-state index contributed by atoms with van der Waals surface area (Å²) in [6, 6.07) is 5.97. The predicted octanol–water partition coefficient (Wildman–Crippen LogP) is 14.1. The monoisotopic (exact) mass is 736 g/mol. The quantitative estimate of drug-likeness (QED) is 0.0387. The van der Waals surface area contributed by atoms with Gasteiger partial charge in [0.05, 0.1) is 19.6 Å². The molecule has 1 aromatic rings. The lowest BCUT2D eigenvalue weighted by atomic mass is 10.1. The average Bonchev–Trinajstić information content (AvgIpc) is 3.15. The molecule has 0 amide bonds. The van der Waals surface area contributed by atoms with Crippen molar-refractivity contribution in [1.29, 1.82) is 0 Å². The second kappa shape index (κ2) is 37.5. The molecule has 0 saturated heterocycles. The zero-order valence-electron chi connectivity index (χ0n) is 34.9. The third-order valence-electron chi connectivity index (χ3n) is 9.33. The topological polar surface area (TPSA) is 48.0 Å². The SMILES string of the molecule is CCCCCC=CCC=CCCCCCCCCOc1cc(COC(=O)CCN(C)C)cc(OCCCCCCCCC=CCC=CCCCCC)c1. The van der Waals surface area contributed by atoms with Crippen molar-refractivity contribution >= 4 is 5.97 Å². The number of unbranched alkanes of at least 4 members (excludes halogenated alkanes) is 18. The number of benzene rings is 1. The van der Waals surface area contributed by atoms with Gasteiger partial charge in [-0.25, -0.2) is 0 Å². The Morgan fingerprint density at radius 2 is 0.925 bits per heavy atom. The first-order chi connectivity index (χ1) is 26.0. The van der Waals surface area contributed by atoms with Crippen LogP contribution in [0.4, 0.5) is 0 Å². The molecular formula is C48H81NO4. The van der Waals surface area contributed by atoms with Gasteiger partial charge < -0.3 is 19.1 Å². The molecule has 1 aromatic carbocycles. The van der Waals surface area contributed by atoms with Gasteiger partial charge in [-0.15, -0.1) is 0 Å². The van der Waals surface area contributed by atoms with E-state index in [4.69, 9.17) is 14.2 Å². The number of hydrogen-bond acceptors (Lipinski definition) is 5. The van der Waals surface area contributed by atoms with E-state index in [1.807, 2.05) is 37.2 Å². The van der Waals surface area contributed by atoms with Crippen molar-refractivity contribution in [3.63, 3.8) is 0 Å². The van der Waals surface area contributed by atoms with Crippen LogP contribution in [0.25, 0.3) is 0 Å². The van der Waals surface area contributed by atoms with Crippen molar-refractivity contribution in [1.82, 2.24) is 4.90 Å². The minimum atomic E-state index is -0.185. The lowest BCUT2D eigenvalue weighted by molar-refractivity contribution is -0.145. The molecule has 0 aliphatic heterocycles. The Morgan fingerprint density at radius 1 is 0.528 bits per heavy atom. The Bertz CT molecular complexity index is 1020. The number of ether oxygens (including phenoxy) is 3. The van der Waals surface area contributed by atoms with Gasteiger partial charge in [-0.05, 0) is 109 Å². The minimum Gasteiger partial charge on any atom is -0.493 e. The van der Waals surface area contributed by atoms with E-state index >= 15 is 0 Å². The first kappa shape index (κ1) is 48.2. The summed E-state index contributed by atoms with van der Waals surface area (Å²) >= 11 is 0. The van der Waals surface area contributed by atoms with Crippen molar-refractivity contribution < 1.29 is 19.0 Å². The number of esters is 1. The summed E-state index contributed by atoms with van der Waals surface area (Å²) < 4.78 is 17.9. The van der Waals surface area contributed by atoms with Crippen LogP contribution >= 0.6 is 0 Å². The van der Waals surface area contributed by atoms with Gasteiger partial charge in [0.25, 0.3) is 0 Å². The average molecular weight is 736 g/mol. The number of carbonyl (C=O) groups excluding carboxylic acids is 1. The molecule has 0 aromatic heterocycles. The molecule has 0 unspecified atom stereocenters. The Labute approximate surface area is 327 Å². The molecule has 0 heterocycles. The summed E-state index contributed by atoms with van der Waals surface area (Å²) in [6.45, 7) is 6.80. The first-order valence-corrected chi connectivity index (χ1v) is 21.8. The molecule has 0 radical (unpaired) electrons. The fraction of sp³-hybridized carbons (Fsp3) is 0.688. The lowest BCUT2D eigenvalue weighted by Gasteiger charge is -2.13. The van der Waals surface area contributed by atoms with Crippen molar-refractivity contribution in [3.05, 3.63) is 72.4 Å². The van der Waals surface area contributed by atoms with Crippen LogP contribution < -0.4 is 9.47 Å². The third-order valence-corrected chi connectivity index (χ3v) is 9.33. The van der Waals surface area contributed by atoms with Gasteiger partial charge in [0.1, 0.15) is 18.1 Å². The van der Waals surface area contributed by atoms with Crippen LogP contribution in [0.2, 0.25) is 0 Å². The van der Waals surface area contributed by atoms with Gasteiger partial charge in [0, 0.05) is 12.6 Å². The van der Waals surface area contributed by atoms with E-state index in [0.29, 0.717) is 26.2 Å². The Hall–Kier alpha value is -2.79. The summed E-state index contributed by atoms with van der Waals surface area (Å²) in [5, 5.41) is 0. The van der Waals surface area contributed by atoms with E-state index < -0.39 is 0 Å². The Kier molecular flexibility index (Phi) is 34.1. The van der Waals surface area contributed by atoms with Gasteiger partial charge in [0.2, 0.25) is 0 Å². The smallest absolute Gasteiger partial charge is 0.307 e. The van der Waals surface area contributed by atoms with E-state index in [1.165, 1.54) is 128 Å². The zero-order valence-corrected chi connectivity index (χ0v) is 34.9. The number of hydrogen-bond donors (Lipinski definition) is 0. The zero-order chi connectivity index (χ0) is 38.3. The van der Waals surface area contributed by atoms with Gasteiger partial charge >= 0.3 is 5.97 Å². The summed E-state index contributed by atoms with van der Waals surface area (Å²) in [5.74, 6) is 1.40. The second-order valence-corrected chi connectivity index (χ2v) is 14.9. The van der Waals surface area contributed by atoms with Crippen LogP contribution in [-0.4, -0.2) is 44.7 Å².